The van der Waals surface area contributed by atoms with E-state index in [0.717, 1.165) is 30.2 Å². The number of aromatic nitrogens is 1. The van der Waals surface area contributed by atoms with Crippen molar-refractivity contribution in [3.8, 4) is 0 Å². The van der Waals surface area contributed by atoms with E-state index >= 15 is 0 Å². The van der Waals surface area contributed by atoms with Crippen LogP contribution in [0.15, 0.2) is 35.5 Å². The molecule has 0 aliphatic carbocycles. The standard InChI is InChI=1S/C16H18N4O/c1-10-7-14(15(11(2)18-10)16(17)19-21)20-8-12-5-3-4-6-13(12)9-20/h3-7,21H,8-9H2,1-2H3,(H2,17,19). The molecular formula is C16H18N4O. The van der Waals surface area contributed by atoms with E-state index < -0.39 is 0 Å². The lowest BCUT2D eigenvalue weighted by Crippen LogP contribution is -2.24. The Bertz CT molecular complexity index is 699. The van der Waals surface area contributed by atoms with Crippen LogP contribution in [0.3, 0.4) is 0 Å². The molecule has 2 aromatic rings. The van der Waals surface area contributed by atoms with Gasteiger partial charge < -0.3 is 15.8 Å². The highest BCUT2D eigenvalue weighted by atomic mass is 16.4. The summed E-state index contributed by atoms with van der Waals surface area (Å²) in [6.45, 7) is 5.48. The fourth-order valence-corrected chi connectivity index (χ4v) is 2.93. The number of aryl methyl sites for hydroxylation is 2. The first-order chi connectivity index (χ1) is 10.1. The fourth-order valence-electron chi connectivity index (χ4n) is 2.93. The second-order valence-electron chi connectivity index (χ2n) is 5.35. The first kappa shape index (κ1) is 13.4. The molecule has 1 aromatic heterocycles. The third-order valence-corrected chi connectivity index (χ3v) is 3.85. The Hall–Kier alpha value is -2.56. The number of hydrogen-bond acceptors (Lipinski definition) is 4. The Morgan fingerprint density at radius 1 is 1.24 bits per heavy atom. The highest BCUT2D eigenvalue weighted by molar-refractivity contribution is 6.03. The van der Waals surface area contributed by atoms with Gasteiger partial charge in [-0.3, -0.25) is 4.98 Å². The number of benzene rings is 1. The predicted molar refractivity (Wildman–Crippen MR) is 82.6 cm³/mol. The number of amidine groups is 1. The first-order valence-electron chi connectivity index (χ1n) is 6.88. The number of rotatable bonds is 2. The van der Waals surface area contributed by atoms with Gasteiger partial charge in [-0.25, -0.2) is 0 Å². The van der Waals surface area contributed by atoms with Crippen molar-refractivity contribution in [1.82, 2.24) is 4.98 Å². The summed E-state index contributed by atoms with van der Waals surface area (Å²) >= 11 is 0. The van der Waals surface area contributed by atoms with Crippen molar-refractivity contribution in [2.75, 3.05) is 4.90 Å². The highest BCUT2D eigenvalue weighted by Crippen LogP contribution is 2.32. The largest absolute Gasteiger partial charge is 0.409 e. The minimum Gasteiger partial charge on any atom is -0.409 e. The molecular weight excluding hydrogens is 264 g/mol. The molecule has 0 spiro atoms. The zero-order valence-corrected chi connectivity index (χ0v) is 12.2. The lowest BCUT2D eigenvalue weighted by molar-refractivity contribution is 0.318. The smallest absolute Gasteiger partial charge is 0.174 e. The van der Waals surface area contributed by atoms with Gasteiger partial charge in [-0.1, -0.05) is 29.4 Å². The molecule has 5 heteroatoms. The van der Waals surface area contributed by atoms with E-state index in [4.69, 9.17) is 10.9 Å². The summed E-state index contributed by atoms with van der Waals surface area (Å²) in [5.74, 6) is 0.103. The van der Waals surface area contributed by atoms with E-state index in [0.29, 0.717) is 5.56 Å². The summed E-state index contributed by atoms with van der Waals surface area (Å²) in [5.41, 5.74) is 11.8. The first-order valence-corrected chi connectivity index (χ1v) is 6.88. The molecule has 0 saturated heterocycles. The van der Waals surface area contributed by atoms with Crippen LogP contribution in [0.25, 0.3) is 0 Å². The van der Waals surface area contributed by atoms with Crippen LogP contribution in [0.1, 0.15) is 28.1 Å². The van der Waals surface area contributed by atoms with Crippen molar-refractivity contribution in [1.29, 1.82) is 0 Å². The zero-order chi connectivity index (χ0) is 15.0. The van der Waals surface area contributed by atoms with E-state index in [-0.39, 0.29) is 5.84 Å². The second-order valence-corrected chi connectivity index (χ2v) is 5.35. The van der Waals surface area contributed by atoms with Crippen LogP contribution < -0.4 is 10.6 Å². The molecule has 0 atom stereocenters. The van der Waals surface area contributed by atoms with Gasteiger partial charge in [0, 0.05) is 18.8 Å². The molecule has 21 heavy (non-hydrogen) atoms. The van der Waals surface area contributed by atoms with E-state index in [1.54, 1.807) is 0 Å². The van der Waals surface area contributed by atoms with E-state index in [1.807, 2.05) is 19.9 Å². The van der Waals surface area contributed by atoms with Gasteiger partial charge in [-0.15, -0.1) is 0 Å². The van der Waals surface area contributed by atoms with Gasteiger partial charge in [-0.2, -0.15) is 0 Å². The van der Waals surface area contributed by atoms with Crippen LogP contribution in [-0.2, 0) is 13.1 Å². The minimum absolute atomic E-state index is 0.103. The van der Waals surface area contributed by atoms with Gasteiger partial charge in [0.2, 0.25) is 0 Å². The van der Waals surface area contributed by atoms with E-state index in [1.165, 1.54) is 11.1 Å². The summed E-state index contributed by atoms with van der Waals surface area (Å²) in [4.78, 5) is 6.66. The minimum atomic E-state index is 0.103. The van der Waals surface area contributed by atoms with Crippen molar-refractivity contribution in [2.24, 2.45) is 10.9 Å². The molecule has 0 fully saturated rings. The number of oxime groups is 1. The van der Waals surface area contributed by atoms with Gasteiger partial charge in [0.15, 0.2) is 5.84 Å². The Labute approximate surface area is 123 Å². The van der Waals surface area contributed by atoms with Crippen LogP contribution in [0.5, 0.6) is 0 Å². The maximum Gasteiger partial charge on any atom is 0.174 e. The third-order valence-electron chi connectivity index (χ3n) is 3.85. The molecule has 1 aliphatic rings. The Morgan fingerprint density at radius 3 is 2.43 bits per heavy atom. The maximum absolute atomic E-state index is 9.04. The van der Waals surface area contributed by atoms with Crippen LogP contribution in [-0.4, -0.2) is 16.0 Å². The Kier molecular flexibility index (Phi) is 3.25. The number of hydrogen-bond donors (Lipinski definition) is 2. The maximum atomic E-state index is 9.04. The lowest BCUT2D eigenvalue weighted by atomic mass is 10.1. The number of pyridine rings is 1. The molecule has 5 nitrogen and oxygen atoms in total. The summed E-state index contributed by atoms with van der Waals surface area (Å²) in [6.07, 6.45) is 0. The van der Waals surface area contributed by atoms with Crippen molar-refractivity contribution in [2.45, 2.75) is 26.9 Å². The van der Waals surface area contributed by atoms with Gasteiger partial charge in [0.25, 0.3) is 0 Å². The van der Waals surface area contributed by atoms with Gasteiger partial charge in [0.1, 0.15) is 0 Å². The SMILES string of the molecule is Cc1cc(N2Cc3ccccc3C2)c(/C(N)=N/O)c(C)n1. The molecule has 108 valence electrons. The molecule has 2 heterocycles. The third kappa shape index (κ3) is 2.31. The molecule has 1 aromatic carbocycles. The molecule has 0 saturated carbocycles. The quantitative estimate of drug-likeness (QED) is 0.383. The molecule has 0 bridgehead atoms. The average Bonchev–Trinajstić information content (AvgIpc) is 2.89. The highest BCUT2D eigenvalue weighted by Gasteiger charge is 2.23. The predicted octanol–water partition coefficient (Wildman–Crippen LogP) is 2.31. The van der Waals surface area contributed by atoms with Crippen LogP contribution in [0, 0.1) is 13.8 Å². The summed E-state index contributed by atoms with van der Waals surface area (Å²) in [5, 5.41) is 12.2. The number of anilines is 1. The average molecular weight is 282 g/mol. The fraction of sp³-hybridized carbons (Fsp3) is 0.250. The van der Waals surface area contributed by atoms with Crippen LogP contribution in [0.2, 0.25) is 0 Å². The van der Waals surface area contributed by atoms with Crippen molar-refractivity contribution in [3.05, 3.63) is 58.4 Å². The molecule has 0 radical (unpaired) electrons. The molecule has 0 unspecified atom stereocenters. The molecule has 3 rings (SSSR count). The second kappa shape index (κ2) is 5.09. The Balaban J connectivity index is 2.08. The number of nitrogens with two attached hydrogens (primary N) is 1. The van der Waals surface area contributed by atoms with Gasteiger partial charge in [0.05, 0.1) is 16.9 Å². The van der Waals surface area contributed by atoms with Crippen molar-refractivity contribution >= 4 is 11.5 Å². The van der Waals surface area contributed by atoms with E-state index in [9.17, 15) is 0 Å². The summed E-state index contributed by atoms with van der Waals surface area (Å²) in [7, 11) is 0. The van der Waals surface area contributed by atoms with Gasteiger partial charge >= 0.3 is 0 Å². The number of nitrogens with zero attached hydrogens (tertiary/aromatic N) is 3. The monoisotopic (exact) mass is 282 g/mol. The van der Waals surface area contributed by atoms with Crippen molar-refractivity contribution < 1.29 is 5.21 Å². The number of fused-ring (bicyclic) bond motifs is 1. The molecule has 1 aliphatic heterocycles. The normalized spacial score (nSPS) is 14.4. The zero-order valence-electron chi connectivity index (χ0n) is 12.2. The summed E-state index contributed by atoms with van der Waals surface area (Å²) < 4.78 is 0. The van der Waals surface area contributed by atoms with Crippen LogP contribution >= 0.6 is 0 Å². The molecule has 0 amide bonds. The van der Waals surface area contributed by atoms with Crippen molar-refractivity contribution in [3.63, 3.8) is 0 Å². The molecule has 3 N–H and O–H groups in total. The lowest BCUT2D eigenvalue weighted by Gasteiger charge is -2.22. The van der Waals surface area contributed by atoms with Gasteiger partial charge in [-0.05, 0) is 31.0 Å². The topological polar surface area (TPSA) is 74.7 Å². The van der Waals surface area contributed by atoms with Crippen LogP contribution in [0.4, 0.5) is 5.69 Å². The van der Waals surface area contributed by atoms with E-state index in [2.05, 4.69) is 39.3 Å². The summed E-state index contributed by atoms with van der Waals surface area (Å²) in [6, 6.07) is 10.4. The Morgan fingerprint density at radius 2 is 1.86 bits per heavy atom.